The van der Waals surface area contributed by atoms with Gasteiger partial charge in [0.1, 0.15) is 0 Å². The fourth-order valence-electron chi connectivity index (χ4n) is 2.87. The Balaban J connectivity index is 1.54. The van der Waals surface area contributed by atoms with E-state index in [1.165, 1.54) is 30.5 Å². The minimum absolute atomic E-state index is 0.142. The molecule has 1 heterocycles. The van der Waals surface area contributed by atoms with Crippen molar-refractivity contribution in [2.24, 2.45) is 0 Å². The Labute approximate surface area is 185 Å². The van der Waals surface area contributed by atoms with Crippen LogP contribution in [0.4, 0.5) is 5.13 Å². The van der Waals surface area contributed by atoms with E-state index in [1.807, 2.05) is 25.1 Å². The monoisotopic (exact) mass is 463 g/mol. The summed E-state index contributed by atoms with van der Waals surface area (Å²) in [6.07, 6.45) is 3.19. The Hall–Kier alpha value is -2.26. The molecule has 2 N–H and O–H groups in total. The molecule has 0 saturated carbocycles. The number of hydrogen-bond donors (Lipinski definition) is 2. The molecule has 1 amide bonds. The van der Waals surface area contributed by atoms with Crippen LogP contribution in [0.3, 0.4) is 0 Å². The molecule has 0 aliphatic rings. The van der Waals surface area contributed by atoms with Crippen LogP contribution < -0.4 is 10.0 Å². The van der Waals surface area contributed by atoms with Gasteiger partial charge < -0.3 is 5.32 Å². The molecule has 2 aromatic carbocycles. The second-order valence-electron chi connectivity index (χ2n) is 6.76. The maximum Gasteiger partial charge on any atom is 0.240 e. The fourth-order valence-corrected chi connectivity index (χ4v) is 4.65. The number of aromatic nitrogens is 1. The lowest BCUT2D eigenvalue weighted by molar-refractivity contribution is -0.116. The number of carbonyl (C=O) groups is 1. The van der Waals surface area contributed by atoms with Crippen LogP contribution in [0.5, 0.6) is 0 Å². The van der Waals surface area contributed by atoms with Crippen molar-refractivity contribution < 1.29 is 13.2 Å². The molecule has 6 nitrogen and oxygen atoms in total. The van der Waals surface area contributed by atoms with Gasteiger partial charge in [0.15, 0.2) is 5.13 Å². The predicted octanol–water partition coefficient (Wildman–Crippen LogP) is 4.18. The van der Waals surface area contributed by atoms with Crippen LogP contribution in [0, 0.1) is 6.92 Å². The molecule has 158 valence electrons. The third-order valence-corrected chi connectivity index (χ3v) is 7.46. The average Bonchev–Trinajstić information content (AvgIpc) is 3.17. The van der Waals surface area contributed by atoms with Crippen molar-refractivity contribution in [2.45, 2.75) is 31.1 Å². The van der Waals surface area contributed by atoms with E-state index in [1.54, 1.807) is 18.3 Å². The summed E-state index contributed by atoms with van der Waals surface area (Å²) in [7, 11) is -2.09. The number of aryl methyl sites for hydroxylation is 2. The minimum atomic E-state index is -3.46. The molecule has 0 spiro atoms. The van der Waals surface area contributed by atoms with Crippen LogP contribution in [-0.2, 0) is 27.7 Å². The molecular formula is C21H22ClN3O3S2. The van der Waals surface area contributed by atoms with Gasteiger partial charge in [0, 0.05) is 28.9 Å². The Bertz CT molecular complexity index is 1140. The van der Waals surface area contributed by atoms with Gasteiger partial charge in [0.25, 0.3) is 0 Å². The smallest absolute Gasteiger partial charge is 0.240 e. The minimum Gasteiger partial charge on any atom is -0.302 e. The molecule has 0 aliphatic carbocycles. The number of rotatable bonds is 8. The first-order valence-corrected chi connectivity index (χ1v) is 12.0. The Morgan fingerprint density at radius 1 is 1.17 bits per heavy atom. The standard InChI is InChI=1S/C21H22ClN3O3S2/c1-14-4-3-5-16(20(14)22)12-17-13-24-21(29-17)25-19(26)11-8-15-6-9-18(10-7-15)30(27,28)23-2/h3-7,9-10,13,23H,8,11-12H2,1-2H3,(H,24,25,26). The molecule has 1 aromatic heterocycles. The second kappa shape index (κ2) is 9.70. The normalized spacial score (nSPS) is 11.4. The van der Waals surface area contributed by atoms with Crippen molar-refractivity contribution in [3.8, 4) is 0 Å². The highest BCUT2D eigenvalue weighted by Crippen LogP contribution is 2.26. The van der Waals surface area contributed by atoms with Gasteiger partial charge >= 0.3 is 0 Å². The Morgan fingerprint density at radius 2 is 1.90 bits per heavy atom. The lowest BCUT2D eigenvalue weighted by Gasteiger charge is -2.05. The van der Waals surface area contributed by atoms with Crippen LogP contribution >= 0.6 is 22.9 Å². The third-order valence-electron chi connectivity index (χ3n) is 4.58. The number of carbonyl (C=O) groups excluding carboxylic acids is 1. The molecule has 9 heteroatoms. The van der Waals surface area contributed by atoms with E-state index in [9.17, 15) is 13.2 Å². The maximum atomic E-state index is 12.3. The number of anilines is 1. The number of halogens is 1. The Kier molecular flexibility index (Phi) is 7.25. The lowest BCUT2D eigenvalue weighted by Crippen LogP contribution is -2.18. The molecule has 0 aliphatic heterocycles. The lowest BCUT2D eigenvalue weighted by atomic mass is 10.1. The number of sulfonamides is 1. The van der Waals surface area contributed by atoms with Crippen molar-refractivity contribution in [3.63, 3.8) is 0 Å². The summed E-state index contributed by atoms with van der Waals surface area (Å²) in [5.74, 6) is -0.142. The fraction of sp³-hybridized carbons (Fsp3) is 0.238. The van der Waals surface area contributed by atoms with Gasteiger partial charge in [0.2, 0.25) is 15.9 Å². The molecule has 0 bridgehead atoms. The molecule has 30 heavy (non-hydrogen) atoms. The molecule has 0 atom stereocenters. The van der Waals surface area contributed by atoms with E-state index in [2.05, 4.69) is 15.0 Å². The predicted molar refractivity (Wildman–Crippen MR) is 121 cm³/mol. The second-order valence-corrected chi connectivity index (χ2v) is 10.1. The molecule has 0 saturated heterocycles. The van der Waals surface area contributed by atoms with E-state index in [-0.39, 0.29) is 17.2 Å². The number of thiazole rings is 1. The first-order chi connectivity index (χ1) is 14.3. The molecular weight excluding hydrogens is 442 g/mol. The summed E-state index contributed by atoms with van der Waals surface area (Å²) in [6, 6.07) is 12.4. The molecule has 3 aromatic rings. The summed E-state index contributed by atoms with van der Waals surface area (Å²) >= 11 is 7.78. The SMILES string of the molecule is CNS(=O)(=O)c1ccc(CCC(=O)Nc2ncc(Cc3cccc(C)c3Cl)s2)cc1. The van der Waals surface area contributed by atoms with Crippen molar-refractivity contribution in [1.29, 1.82) is 0 Å². The summed E-state index contributed by atoms with van der Waals surface area (Å²) in [4.78, 5) is 17.7. The number of hydrogen-bond acceptors (Lipinski definition) is 5. The zero-order valence-electron chi connectivity index (χ0n) is 16.6. The quantitative estimate of drug-likeness (QED) is 0.524. The maximum absolute atomic E-state index is 12.3. The van der Waals surface area contributed by atoms with Crippen LogP contribution in [0.2, 0.25) is 5.02 Å². The number of amides is 1. The van der Waals surface area contributed by atoms with Crippen molar-refractivity contribution in [3.05, 3.63) is 75.3 Å². The summed E-state index contributed by atoms with van der Waals surface area (Å²) < 4.78 is 25.8. The Morgan fingerprint density at radius 3 is 2.60 bits per heavy atom. The number of nitrogens with zero attached hydrogens (tertiary/aromatic N) is 1. The van der Waals surface area contributed by atoms with Crippen LogP contribution in [0.15, 0.2) is 53.6 Å². The van der Waals surface area contributed by atoms with Crippen LogP contribution in [0.1, 0.15) is 28.0 Å². The van der Waals surface area contributed by atoms with Gasteiger partial charge in [0.05, 0.1) is 4.90 Å². The van der Waals surface area contributed by atoms with Crippen molar-refractivity contribution in [1.82, 2.24) is 9.71 Å². The third kappa shape index (κ3) is 5.66. The zero-order chi connectivity index (χ0) is 21.7. The van der Waals surface area contributed by atoms with Crippen LogP contribution in [-0.4, -0.2) is 26.4 Å². The average molecular weight is 464 g/mol. The number of benzene rings is 2. The van der Waals surface area contributed by atoms with Gasteiger partial charge in [-0.3, -0.25) is 4.79 Å². The highest BCUT2D eigenvalue weighted by atomic mass is 35.5. The topological polar surface area (TPSA) is 88.2 Å². The summed E-state index contributed by atoms with van der Waals surface area (Å²) in [5, 5.41) is 4.12. The largest absolute Gasteiger partial charge is 0.302 e. The first kappa shape index (κ1) is 22.4. The molecule has 0 unspecified atom stereocenters. The van der Waals surface area contributed by atoms with Crippen molar-refractivity contribution >= 4 is 44.0 Å². The van der Waals surface area contributed by atoms with E-state index in [0.717, 1.165) is 26.6 Å². The van der Waals surface area contributed by atoms with Gasteiger partial charge in [-0.05, 0) is 49.2 Å². The van der Waals surface area contributed by atoms with E-state index in [0.29, 0.717) is 18.0 Å². The van der Waals surface area contributed by atoms with E-state index in [4.69, 9.17) is 11.6 Å². The first-order valence-electron chi connectivity index (χ1n) is 9.29. The van der Waals surface area contributed by atoms with Gasteiger partial charge in [-0.25, -0.2) is 18.1 Å². The molecule has 0 fully saturated rings. The number of nitrogens with one attached hydrogen (secondary N) is 2. The van der Waals surface area contributed by atoms with E-state index < -0.39 is 10.0 Å². The highest BCUT2D eigenvalue weighted by Gasteiger charge is 2.12. The van der Waals surface area contributed by atoms with Gasteiger partial charge in [-0.1, -0.05) is 41.9 Å². The van der Waals surface area contributed by atoms with E-state index >= 15 is 0 Å². The van der Waals surface area contributed by atoms with Crippen LogP contribution in [0.25, 0.3) is 0 Å². The summed E-state index contributed by atoms with van der Waals surface area (Å²) in [5.41, 5.74) is 2.94. The van der Waals surface area contributed by atoms with Gasteiger partial charge in [-0.2, -0.15) is 0 Å². The highest BCUT2D eigenvalue weighted by molar-refractivity contribution is 7.89. The molecule has 0 radical (unpaired) electrons. The van der Waals surface area contributed by atoms with Crippen molar-refractivity contribution in [2.75, 3.05) is 12.4 Å². The zero-order valence-corrected chi connectivity index (χ0v) is 19.0. The van der Waals surface area contributed by atoms with Gasteiger partial charge in [-0.15, -0.1) is 11.3 Å². The molecule has 3 rings (SSSR count). The summed E-state index contributed by atoms with van der Waals surface area (Å²) in [6.45, 7) is 1.97.